The quantitative estimate of drug-likeness (QED) is 0.342. The summed E-state index contributed by atoms with van der Waals surface area (Å²) in [7, 11) is 0. The van der Waals surface area contributed by atoms with E-state index in [1.807, 2.05) is 63.2 Å². The van der Waals surface area contributed by atoms with Crippen molar-refractivity contribution in [3.05, 3.63) is 65.2 Å². The molecule has 40 heavy (non-hydrogen) atoms. The molecular weight excluding hydrogens is 510 g/mol. The molecule has 2 aromatic rings. The number of hydrogen-bond acceptors (Lipinski definition) is 7. The van der Waals surface area contributed by atoms with Crippen molar-refractivity contribution in [1.29, 1.82) is 0 Å². The maximum Gasteiger partial charge on any atom is 0.410 e. The van der Waals surface area contributed by atoms with Gasteiger partial charge in [-0.1, -0.05) is 36.4 Å². The van der Waals surface area contributed by atoms with Crippen LogP contribution in [-0.4, -0.2) is 65.7 Å². The van der Waals surface area contributed by atoms with Crippen LogP contribution in [0, 0.1) is 0 Å². The van der Waals surface area contributed by atoms with E-state index >= 15 is 0 Å². The largest absolute Gasteiger partial charge is 0.461 e. The molecule has 9 heteroatoms. The van der Waals surface area contributed by atoms with E-state index in [2.05, 4.69) is 11.0 Å². The highest BCUT2D eigenvalue weighted by molar-refractivity contribution is 5.89. The van der Waals surface area contributed by atoms with Gasteiger partial charge in [0.1, 0.15) is 12.2 Å². The molecule has 0 saturated carbocycles. The number of nitrogens with zero attached hydrogens (tertiary/aromatic N) is 3. The average molecular weight is 552 g/mol. The Labute approximate surface area is 236 Å². The van der Waals surface area contributed by atoms with Crippen LogP contribution in [0.4, 0.5) is 10.5 Å². The van der Waals surface area contributed by atoms with Crippen LogP contribution in [0.5, 0.6) is 0 Å². The number of esters is 1. The van der Waals surface area contributed by atoms with E-state index in [-0.39, 0.29) is 30.7 Å². The first-order chi connectivity index (χ1) is 19.1. The standard InChI is InChI=1S/C31H41N3O6/c1-23(35)34(40-28-13-18-33(19-14-28)30(37)39-31(2,3)4)27-11-10-25-12-16-32(21-26(25)20-27)17-15-29(36)38-22-24-8-6-5-7-9-24/h5-11,20,28H,12-19,21-22H2,1-4H3. The Morgan fingerprint density at radius 3 is 2.38 bits per heavy atom. The van der Waals surface area contributed by atoms with E-state index in [1.54, 1.807) is 4.90 Å². The lowest BCUT2D eigenvalue weighted by Crippen LogP contribution is -2.45. The Morgan fingerprint density at radius 1 is 0.975 bits per heavy atom. The van der Waals surface area contributed by atoms with Crippen molar-refractivity contribution in [3.63, 3.8) is 0 Å². The van der Waals surface area contributed by atoms with Crippen molar-refractivity contribution in [2.24, 2.45) is 0 Å². The number of benzene rings is 2. The maximum absolute atomic E-state index is 12.6. The molecule has 0 atom stereocenters. The lowest BCUT2D eigenvalue weighted by Gasteiger charge is -2.35. The number of carbonyl (C=O) groups is 3. The lowest BCUT2D eigenvalue weighted by molar-refractivity contribution is -0.145. The number of hydrogen-bond donors (Lipinski definition) is 0. The van der Waals surface area contributed by atoms with Crippen molar-refractivity contribution in [1.82, 2.24) is 9.80 Å². The molecule has 0 radical (unpaired) electrons. The summed E-state index contributed by atoms with van der Waals surface area (Å²) in [6, 6.07) is 15.6. The fourth-order valence-electron chi connectivity index (χ4n) is 4.91. The first-order valence-electron chi connectivity index (χ1n) is 14.1. The van der Waals surface area contributed by atoms with Gasteiger partial charge in [0.2, 0.25) is 5.91 Å². The van der Waals surface area contributed by atoms with Crippen LogP contribution in [0.1, 0.15) is 63.6 Å². The van der Waals surface area contributed by atoms with Crippen molar-refractivity contribution in [2.45, 2.75) is 78.2 Å². The summed E-state index contributed by atoms with van der Waals surface area (Å²) in [5.74, 6) is -0.416. The number of amides is 2. The van der Waals surface area contributed by atoms with Crippen LogP contribution < -0.4 is 5.06 Å². The molecule has 2 aliphatic rings. The zero-order valence-electron chi connectivity index (χ0n) is 24.1. The molecule has 0 unspecified atom stereocenters. The topological polar surface area (TPSA) is 88.6 Å². The maximum atomic E-state index is 12.6. The molecule has 2 amide bonds. The summed E-state index contributed by atoms with van der Waals surface area (Å²) in [5.41, 5.74) is 3.48. The van der Waals surface area contributed by atoms with E-state index < -0.39 is 5.60 Å². The zero-order valence-corrected chi connectivity index (χ0v) is 24.1. The van der Waals surface area contributed by atoms with Gasteiger partial charge in [-0.3, -0.25) is 19.3 Å². The molecule has 0 bridgehead atoms. The molecule has 2 heterocycles. The minimum atomic E-state index is -0.538. The SMILES string of the molecule is CC(=O)N(OC1CCN(C(=O)OC(C)(C)C)CC1)c1ccc2c(c1)CN(CCC(=O)OCc1ccccc1)CC2. The van der Waals surface area contributed by atoms with Gasteiger partial charge in [-0.25, -0.2) is 4.79 Å². The van der Waals surface area contributed by atoms with Gasteiger partial charge in [0.05, 0.1) is 18.2 Å². The minimum Gasteiger partial charge on any atom is -0.461 e. The highest BCUT2D eigenvalue weighted by atomic mass is 16.7. The minimum absolute atomic E-state index is 0.183. The number of ether oxygens (including phenoxy) is 2. The van der Waals surface area contributed by atoms with E-state index in [4.69, 9.17) is 14.3 Å². The molecule has 2 aliphatic heterocycles. The number of likely N-dealkylation sites (tertiary alicyclic amines) is 1. The second-order valence-electron chi connectivity index (χ2n) is 11.5. The summed E-state index contributed by atoms with van der Waals surface area (Å²) in [5, 5.41) is 1.37. The molecule has 0 N–H and O–H groups in total. The molecule has 216 valence electrons. The Bertz CT molecular complexity index is 1170. The predicted molar refractivity (Wildman–Crippen MR) is 151 cm³/mol. The molecule has 0 spiro atoms. The van der Waals surface area contributed by atoms with E-state index in [9.17, 15) is 14.4 Å². The van der Waals surface area contributed by atoms with Crippen LogP contribution >= 0.6 is 0 Å². The Hall–Kier alpha value is -3.43. The molecule has 0 aliphatic carbocycles. The van der Waals surface area contributed by atoms with Crippen LogP contribution in [0.2, 0.25) is 0 Å². The summed E-state index contributed by atoms with van der Waals surface area (Å²) in [4.78, 5) is 47.3. The molecule has 1 saturated heterocycles. The third-order valence-electron chi connectivity index (χ3n) is 7.02. The summed E-state index contributed by atoms with van der Waals surface area (Å²) >= 11 is 0. The molecule has 1 fully saturated rings. The Kier molecular flexibility index (Phi) is 9.81. The highest BCUT2D eigenvalue weighted by Gasteiger charge is 2.30. The van der Waals surface area contributed by atoms with Gasteiger partial charge >= 0.3 is 12.1 Å². The second-order valence-corrected chi connectivity index (χ2v) is 11.5. The lowest BCUT2D eigenvalue weighted by atomic mass is 9.99. The summed E-state index contributed by atoms with van der Waals surface area (Å²) < 4.78 is 10.9. The predicted octanol–water partition coefficient (Wildman–Crippen LogP) is 4.86. The first kappa shape index (κ1) is 29.6. The fraction of sp³-hybridized carbons (Fsp3) is 0.516. The van der Waals surface area contributed by atoms with Gasteiger partial charge < -0.3 is 14.4 Å². The first-order valence-corrected chi connectivity index (χ1v) is 14.1. The highest BCUT2D eigenvalue weighted by Crippen LogP contribution is 2.27. The Balaban J connectivity index is 1.29. The summed E-state index contributed by atoms with van der Waals surface area (Å²) in [6.45, 7) is 10.5. The molecule has 2 aromatic carbocycles. The van der Waals surface area contributed by atoms with E-state index in [1.165, 1.54) is 17.6 Å². The van der Waals surface area contributed by atoms with Crippen LogP contribution in [0.3, 0.4) is 0 Å². The van der Waals surface area contributed by atoms with Crippen LogP contribution in [0.15, 0.2) is 48.5 Å². The Morgan fingerprint density at radius 2 is 1.70 bits per heavy atom. The van der Waals surface area contributed by atoms with Crippen LogP contribution in [0.25, 0.3) is 0 Å². The van der Waals surface area contributed by atoms with Gasteiger partial charge in [0.25, 0.3) is 0 Å². The zero-order chi connectivity index (χ0) is 28.7. The number of anilines is 1. The molecule has 4 rings (SSSR count). The fourth-order valence-corrected chi connectivity index (χ4v) is 4.91. The number of rotatable bonds is 8. The third kappa shape index (κ3) is 8.53. The number of fused-ring (bicyclic) bond motifs is 1. The van der Waals surface area contributed by atoms with Gasteiger partial charge in [-0.15, -0.1) is 0 Å². The van der Waals surface area contributed by atoms with Crippen molar-refractivity contribution >= 4 is 23.7 Å². The molecule has 9 nitrogen and oxygen atoms in total. The normalized spacial score (nSPS) is 16.2. The summed E-state index contributed by atoms with van der Waals surface area (Å²) in [6.07, 6.45) is 1.92. The van der Waals surface area contributed by atoms with E-state index in [0.29, 0.717) is 51.1 Å². The molecule has 0 aromatic heterocycles. The van der Waals surface area contributed by atoms with Crippen molar-refractivity contribution in [2.75, 3.05) is 31.2 Å². The number of piperidine rings is 1. The monoisotopic (exact) mass is 551 g/mol. The van der Waals surface area contributed by atoms with Gasteiger partial charge in [0.15, 0.2) is 0 Å². The number of carbonyl (C=O) groups excluding carboxylic acids is 3. The average Bonchev–Trinajstić information content (AvgIpc) is 2.93. The van der Waals surface area contributed by atoms with Gasteiger partial charge in [-0.2, -0.15) is 5.06 Å². The van der Waals surface area contributed by atoms with Gasteiger partial charge in [0, 0.05) is 39.6 Å². The number of hydroxylamine groups is 1. The van der Waals surface area contributed by atoms with Crippen molar-refractivity contribution < 1.29 is 28.7 Å². The van der Waals surface area contributed by atoms with E-state index in [0.717, 1.165) is 24.1 Å². The third-order valence-corrected chi connectivity index (χ3v) is 7.02. The van der Waals surface area contributed by atoms with Gasteiger partial charge in [-0.05, 0) is 68.9 Å². The smallest absolute Gasteiger partial charge is 0.410 e. The molecular formula is C31H41N3O6. The second kappa shape index (κ2) is 13.3. The van der Waals surface area contributed by atoms with Crippen LogP contribution in [-0.2, 0) is 43.5 Å². The van der Waals surface area contributed by atoms with Crippen molar-refractivity contribution in [3.8, 4) is 0 Å².